The van der Waals surface area contributed by atoms with Crippen LogP contribution in [0.1, 0.15) is 35.3 Å². The van der Waals surface area contributed by atoms with Gasteiger partial charge in [-0.25, -0.2) is 0 Å². The van der Waals surface area contributed by atoms with Crippen LogP contribution in [-0.2, 0) is 6.54 Å². The highest BCUT2D eigenvalue weighted by Gasteiger charge is 2.14. The number of allylic oxidation sites excluding steroid dienone is 1. The molecule has 0 aromatic heterocycles. The molecule has 0 unspecified atom stereocenters. The highest BCUT2D eigenvalue weighted by molar-refractivity contribution is 6.07. The Morgan fingerprint density at radius 3 is 2.52 bits per heavy atom. The van der Waals surface area contributed by atoms with Gasteiger partial charge in [-0.05, 0) is 50.3 Å². The van der Waals surface area contributed by atoms with Gasteiger partial charge < -0.3 is 9.64 Å². The van der Waals surface area contributed by atoms with Crippen LogP contribution in [0.2, 0.25) is 0 Å². The second kappa shape index (κ2) is 9.64. The minimum absolute atomic E-state index is 0.0258. The third kappa shape index (κ3) is 5.24. The van der Waals surface area contributed by atoms with Crippen molar-refractivity contribution in [1.82, 2.24) is 0 Å². The van der Waals surface area contributed by atoms with E-state index in [-0.39, 0.29) is 11.5 Å². The SMILES string of the molecule is CC[NH+](CC)Cc1cc(C(=O)/C=C/c2ccccc2[N+](=O)[O-])ccc1OC. The molecule has 0 aliphatic rings. The van der Waals surface area contributed by atoms with Crippen LogP contribution < -0.4 is 9.64 Å². The number of para-hydroxylation sites is 1. The lowest BCUT2D eigenvalue weighted by molar-refractivity contribution is -0.910. The molecule has 0 spiro atoms. The molecule has 2 aromatic carbocycles. The summed E-state index contributed by atoms with van der Waals surface area (Å²) < 4.78 is 5.42. The van der Waals surface area contributed by atoms with Gasteiger partial charge in [-0.1, -0.05) is 12.1 Å². The summed E-state index contributed by atoms with van der Waals surface area (Å²) in [5.74, 6) is 0.556. The number of hydrogen-bond donors (Lipinski definition) is 1. The summed E-state index contributed by atoms with van der Waals surface area (Å²) in [6.45, 7) is 6.97. The third-order valence-corrected chi connectivity index (χ3v) is 4.55. The lowest BCUT2D eigenvalue weighted by Crippen LogP contribution is -3.10. The molecular weight excluding hydrogens is 344 g/mol. The lowest BCUT2D eigenvalue weighted by Gasteiger charge is -2.17. The maximum atomic E-state index is 12.6. The van der Waals surface area contributed by atoms with Crippen molar-refractivity contribution in [3.63, 3.8) is 0 Å². The number of quaternary nitrogens is 1. The van der Waals surface area contributed by atoms with E-state index in [2.05, 4.69) is 13.8 Å². The van der Waals surface area contributed by atoms with Crippen LogP contribution in [0.4, 0.5) is 5.69 Å². The monoisotopic (exact) mass is 369 g/mol. The summed E-state index contributed by atoms with van der Waals surface area (Å²) in [7, 11) is 1.62. The number of nitrogens with one attached hydrogen (secondary N) is 1. The number of carbonyl (C=O) groups is 1. The molecule has 0 atom stereocenters. The van der Waals surface area contributed by atoms with Crippen LogP contribution >= 0.6 is 0 Å². The molecule has 2 rings (SSSR count). The average Bonchev–Trinajstić information content (AvgIpc) is 2.70. The molecule has 6 nitrogen and oxygen atoms in total. The van der Waals surface area contributed by atoms with E-state index in [1.165, 1.54) is 23.1 Å². The van der Waals surface area contributed by atoms with E-state index < -0.39 is 4.92 Å². The fraction of sp³-hybridized carbons (Fsp3) is 0.286. The Morgan fingerprint density at radius 2 is 1.89 bits per heavy atom. The first-order valence-electron chi connectivity index (χ1n) is 8.96. The van der Waals surface area contributed by atoms with Gasteiger partial charge in [0.15, 0.2) is 5.78 Å². The molecule has 27 heavy (non-hydrogen) atoms. The van der Waals surface area contributed by atoms with Gasteiger partial charge in [0.1, 0.15) is 12.3 Å². The minimum atomic E-state index is -0.456. The van der Waals surface area contributed by atoms with Crippen molar-refractivity contribution in [3.05, 3.63) is 75.3 Å². The van der Waals surface area contributed by atoms with Crippen molar-refractivity contribution in [2.45, 2.75) is 20.4 Å². The zero-order chi connectivity index (χ0) is 19.8. The molecule has 0 amide bonds. The number of rotatable bonds is 9. The molecule has 0 bridgehead atoms. The largest absolute Gasteiger partial charge is 0.496 e. The number of methoxy groups -OCH3 is 1. The quantitative estimate of drug-likeness (QED) is 0.319. The Kier molecular flexibility index (Phi) is 7.25. The normalized spacial score (nSPS) is 11.1. The highest BCUT2D eigenvalue weighted by Crippen LogP contribution is 2.22. The number of ether oxygens (including phenoxy) is 1. The van der Waals surface area contributed by atoms with Gasteiger partial charge in [0.2, 0.25) is 0 Å². The van der Waals surface area contributed by atoms with Gasteiger partial charge >= 0.3 is 0 Å². The second-order valence-electron chi connectivity index (χ2n) is 6.17. The molecule has 0 saturated carbocycles. The highest BCUT2D eigenvalue weighted by atomic mass is 16.6. The van der Waals surface area contributed by atoms with E-state index in [0.717, 1.165) is 30.9 Å². The predicted octanol–water partition coefficient (Wildman–Crippen LogP) is 2.92. The van der Waals surface area contributed by atoms with Crippen LogP contribution in [0.5, 0.6) is 5.75 Å². The molecule has 0 saturated heterocycles. The fourth-order valence-electron chi connectivity index (χ4n) is 2.90. The number of benzene rings is 2. The Balaban J connectivity index is 2.27. The van der Waals surface area contributed by atoms with E-state index >= 15 is 0 Å². The molecule has 0 radical (unpaired) electrons. The summed E-state index contributed by atoms with van der Waals surface area (Å²) in [5.41, 5.74) is 1.88. The first kappa shape index (κ1) is 20.3. The van der Waals surface area contributed by atoms with Crippen molar-refractivity contribution in [1.29, 1.82) is 0 Å². The van der Waals surface area contributed by atoms with Crippen molar-refractivity contribution in [2.24, 2.45) is 0 Å². The second-order valence-corrected chi connectivity index (χ2v) is 6.17. The number of hydrogen-bond acceptors (Lipinski definition) is 4. The van der Waals surface area contributed by atoms with Gasteiger partial charge in [0.05, 0.1) is 30.7 Å². The van der Waals surface area contributed by atoms with Crippen LogP contribution in [0.25, 0.3) is 6.08 Å². The zero-order valence-corrected chi connectivity index (χ0v) is 15.9. The topological polar surface area (TPSA) is 73.9 Å². The minimum Gasteiger partial charge on any atom is -0.496 e. The van der Waals surface area contributed by atoms with Gasteiger partial charge in [-0.3, -0.25) is 14.9 Å². The summed E-state index contributed by atoms with van der Waals surface area (Å²) >= 11 is 0. The van der Waals surface area contributed by atoms with Crippen LogP contribution in [0.3, 0.4) is 0 Å². The van der Waals surface area contributed by atoms with Crippen molar-refractivity contribution < 1.29 is 19.4 Å². The van der Waals surface area contributed by atoms with E-state index in [1.807, 2.05) is 6.07 Å². The molecule has 0 aliphatic carbocycles. The van der Waals surface area contributed by atoms with Crippen LogP contribution in [0, 0.1) is 10.1 Å². The summed E-state index contributed by atoms with van der Waals surface area (Å²) in [6, 6.07) is 11.7. The maximum Gasteiger partial charge on any atom is 0.276 e. The van der Waals surface area contributed by atoms with Crippen LogP contribution in [0.15, 0.2) is 48.5 Å². The summed E-state index contributed by atoms with van der Waals surface area (Å²) in [5, 5.41) is 11.1. The predicted molar refractivity (Wildman–Crippen MR) is 105 cm³/mol. The lowest BCUT2D eigenvalue weighted by atomic mass is 10.0. The van der Waals surface area contributed by atoms with E-state index in [4.69, 9.17) is 4.74 Å². The molecule has 142 valence electrons. The van der Waals surface area contributed by atoms with E-state index in [1.54, 1.807) is 37.4 Å². The zero-order valence-electron chi connectivity index (χ0n) is 15.9. The third-order valence-electron chi connectivity index (χ3n) is 4.55. The Labute approximate surface area is 159 Å². The average molecular weight is 369 g/mol. The van der Waals surface area contributed by atoms with Gasteiger partial charge in [0.25, 0.3) is 5.69 Å². The molecule has 0 aliphatic heterocycles. The first-order valence-corrected chi connectivity index (χ1v) is 8.96. The van der Waals surface area contributed by atoms with Gasteiger partial charge in [0, 0.05) is 17.2 Å². The Bertz CT molecular complexity index is 842. The number of nitrogens with zero attached hydrogens (tertiary/aromatic N) is 1. The Morgan fingerprint density at radius 1 is 1.19 bits per heavy atom. The van der Waals surface area contributed by atoms with E-state index in [0.29, 0.717) is 11.1 Å². The van der Waals surface area contributed by atoms with Gasteiger partial charge in [-0.2, -0.15) is 0 Å². The number of nitro groups is 1. The van der Waals surface area contributed by atoms with Crippen molar-refractivity contribution in [3.8, 4) is 5.75 Å². The standard InChI is InChI=1S/C21H24N2O4/c1-4-22(5-2)15-18-14-17(11-13-21(18)27-3)20(24)12-10-16-8-6-7-9-19(16)23(25)26/h6-14H,4-5,15H2,1-3H3/p+1/b12-10+. The van der Waals surface area contributed by atoms with Crippen LogP contribution in [-0.4, -0.2) is 30.9 Å². The molecule has 1 N–H and O–H groups in total. The number of ketones is 1. The summed E-state index contributed by atoms with van der Waals surface area (Å²) in [6.07, 6.45) is 2.86. The van der Waals surface area contributed by atoms with E-state index in [9.17, 15) is 14.9 Å². The fourth-order valence-corrected chi connectivity index (χ4v) is 2.90. The molecular formula is C21H25N2O4+. The Hall–Kier alpha value is -2.99. The van der Waals surface area contributed by atoms with Gasteiger partial charge in [-0.15, -0.1) is 0 Å². The van der Waals surface area contributed by atoms with Crippen molar-refractivity contribution >= 4 is 17.5 Å². The number of nitro benzene ring substituents is 1. The molecule has 6 heteroatoms. The van der Waals surface area contributed by atoms with Crippen molar-refractivity contribution in [2.75, 3.05) is 20.2 Å². The first-order chi connectivity index (χ1) is 13.0. The molecule has 2 aromatic rings. The maximum absolute atomic E-state index is 12.6. The molecule has 0 heterocycles. The molecule has 0 fully saturated rings. The smallest absolute Gasteiger partial charge is 0.276 e. The number of carbonyl (C=O) groups excluding carboxylic acids is 1. The summed E-state index contributed by atoms with van der Waals surface area (Å²) in [4.78, 5) is 24.6.